The van der Waals surface area contributed by atoms with Gasteiger partial charge in [-0.1, -0.05) is 17.3 Å². The molecule has 1 heterocycles. The van der Waals surface area contributed by atoms with Gasteiger partial charge in [0.05, 0.1) is 17.3 Å². The average Bonchev–Trinajstić information content (AvgIpc) is 2.77. The van der Waals surface area contributed by atoms with Gasteiger partial charge in [-0.25, -0.2) is 0 Å². The Morgan fingerprint density at radius 1 is 1.50 bits per heavy atom. The molecule has 0 radical (unpaired) electrons. The summed E-state index contributed by atoms with van der Waals surface area (Å²) in [6.45, 7) is 1.71. The molecule has 0 bridgehead atoms. The van der Waals surface area contributed by atoms with Crippen molar-refractivity contribution in [2.75, 3.05) is 5.32 Å². The standard InChI is InChI=1S/C12H10N4O2/c1-8-14-12(18-16-8)9-4-2-3-5-10(9)15-11(17)6-7-13/h2-5H,6H2,1H3,(H,15,17). The van der Waals surface area contributed by atoms with Crippen molar-refractivity contribution in [1.29, 1.82) is 5.26 Å². The number of rotatable bonds is 3. The summed E-state index contributed by atoms with van der Waals surface area (Å²) in [6, 6.07) is 8.83. The Hall–Kier alpha value is -2.68. The van der Waals surface area contributed by atoms with Crippen LogP contribution in [0.1, 0.15) is 12.2 Å². The van der Waals surface area contributed by atoms with Crippen LogP contribution in [0, 0.1) is 18.3 Å². The highest BCUT2D eigenvalue weighted by Crippen LogP contribution is 2.26. The van der Waals surface area contributed by atoms with E-state index in [1.54, 1.807) is 37.3 Å². The van der Waals surface area contributed by atoms with E-state index in [9.17, 15) is 4.79 Å². The molecule has 2 aromatic rings. The molecule has 0 saturated carbocycles. The summed E-state index contributed by atoms with van der Waals surface area (Å²) in [6.07, 6.45) is -0.197. The number of carbonyl (C=O) groups excluding carboxylic acids is 1. The van der Waals surface area contributed by atoms with Gasteiger partial charge in [0.15, 0.2) is 5.82 Å². The quantitative estimate of drug-likeness (QED) is 0.887. The second-order valence-electron chi connectivity index (χ2n) is 3.58. The van der Waals surface area contributed by atoms with Gasteiger partial charge in [0.25, 0.3) is 5.89 Å². The number of nitriles is 1. The first-order chi connectivity index (χ1) is 8.70. The predicted molar refractivity (Wildman–Crippen MR) is 63.3 cm³/mol. The molecule has 6 heteroatoms. The van der Waals surface area contributed by atoms with Crippen molar-refractivity contribution in [3.8, 4) is 17.5 Å². The average molecular weight is 242 g/mol. The van der Waals surface area contributed by atoms with Crippen LogP contribution >= 0.6 is 0 Å². The number of nitrogens with zero attached hydrogens (tertiary/aromatic N) is 3. The molecule has 18 heavy (non-hydrogen) atoms. The zero-order chi connectivity index (χ0) is 13.0. The van der Waals surface area contributed by atoms with Crippen molar-refractivity contribution in [1.82, 2.24) is 10.1 Å². The molecule has 0 aliphatic heterocycles. The van der Waals surface area contributed by atoms with E-state index in [0.29, 0.717) is 23.0 Å². The van der Waals surface area contributed by atoms with Crippen LogP contribution in [0.25, 0.3) is 11.5 Å². The predicted octanol–water partition coefficient (Wildman–Crippen LogP) is 1.90. The molecular formula is C12H10N4O2. The Balaban J connectivity index is 2.32. The molecule has 1 aromatic carbocycles. The van der Waals surface area contributed by atoms with Crippen LogP contribution in [0.3, 0.4) is 0 Å². The summed E-state index contributed by atoms with van der Waals surface area (Å²) in [5.41, 5.74) is 1.17. The molecule has 0 spiro atoms. The minimum absolute atomic E-state index is 0.197. The first-order valence-electron chi connectivity index (χ1n) is 5.27. The largest absolute Gasteiger partial charge is 0.334 e. The summed E-state index contributed by atoms with van der Waals surface area (Å²) < 4.78 is 5.06. The number of hydrogen-bond acceptors (Lipinski definition) is 5. The van der Waals surface area contributed by atoms with Crippen LogP contribution in [0.5, 0.6) is 0 Å². The third kappa shape index (κ3) is 2.52. The van der Waals surface area contributed by atoms with Gasteiger partial charge in [-0.05, 0) is 19.1 Å². The molecule has 1 aromatic heterocycles. The number of anilines is 1. The van der Waals surface area contributed by atoms with Crippen LogP contribution in [0.15, 0.2) is 28.8 Å². The number of carbonyl (C=O) groups is 1. The fourth-order valence-corrected chi connectivity index (χ4v) is 1.45. The van der Waals surface area contributed by atoms with Gasteiger partial charge >= 0.3 is 0 Å². The number of benzene rings is 1. The van der Waals surface area contributed by atoms with Crippen LogP contribution in [-0.4, -0.2) is 16.0 Å². The lowest BCUT2D eigenvalue weighted by molar-refractivity contribution is -0.115. The highest BCUT2D eigenvalue weighted by Gasteiger charge is 2.12. The minimum Gasteiger partial charge on any atom is -0.334 e. The molecule has 90 valence electrons. The van der Waals surface area contributed by atoms with Crippen LogP contribution < -0.4 is 5.32 Å². The monoisotopic (exact) mass is 242 g/mol. The van der Waals surface area contributed by atoms with Gasteiger partial charge in [-0.15, -0.1) is 0 Å². The van der Waals surface area contributed by atoms with Gasteiger partial charge in [0, 0.05) is 0 Å². The van der Waals surface area contributed by atoms with E-state index in [4.69, 9.17) is 9.78 Å². The second-order valence-corrected chi connectivity index (χ2v) is 3.58. The van der Waals surface area contributed by atoms with Gasteiger partial charge in [-0.3, -0.25) is 4.79 Å². The third-order valence-electron chi connectivity index (χ3n) is 2.20. The fraction of sp³-hybridized carbons (Fsp3) is 0.167. The van der Waals surface area contributed by atoms with E-state index >= 15 is 0 Å². The number of hydrogen-bond donors (Lipinski definition) is 1. The Morgan fingerprint density at radius 3 is 2.94 bits per heavy atom. The molecule has 1 N–H and O–H groups in total. The molecular weight excluding hydrogens is 232 g/mol. The zero-order valence-corrected chi connectivity index (χ0v) is 9.67. The van der Waals surface area contributed by atoms with Crippen molar-refractivity contribution >= 4 is 11.6 Å². The SMILES string of the molecule is Cc1noc(-c2ccccc2NC(=O)CC#N)n1. The maximum absolute atomic E-state index is 11.4. The lowest BCUT2D eigenvalue weighted by atomic mass is 10.1. The van der Waals surface area contributed by atoms with Gasteiger partial charge in [0.2, 0.25) is 5.91 Å². The molecule has 0 atom stereocenters. The third-order valence-corrected chi connectivity index (χ3v) is 2.20. The molecule has 0 fully saturated rings. The summed E-state index contributed by atoms with van der Waals surface area (Å²) in [5.74, 6) is 0.477. The minimum atomic E-state index is -0.374. The van der Waals surface area contributed by atoms with Crippen molar-refractivity contribution in [2.45, 2.75) is 13.3 Å². The van der Waals surface area contributed by atoms with Gasteiger partial charge in [0.1, 0.15) is 6.42 Å². The van der Waals surface area contributed by atoms with E-state index in [2.05, 4.69) is 15.5 Å². The van der Waals surface area contributed by atoms with E-state index < -0.39 is 0 Å². The first-order valence-corrected chi connectivity index (χ1v) is 5.27. The van der Waals surface area contributed by atoms with Crippen molar-refractivity contribution in [3.63, 3.8) is 0 Å². The van der Waals surface area contributed by atoms with E-state index in [0.717, 1.165) is 0 Å². The van der Waals surface area contributed by atoms with E-state index in [-0.39, 0.29) is 12.3 Å². The van der Waals surface area contributed by atoms with Crippen molar-refractivity contribution in [3.05, 3.63) is 30.1 Å². The number of aryl methyl sites for hydroxylation is 1. The highest BCUT2D eigenvalue weighted by atomic mass is 16.5. The van der Waals surface area contributed by atoms with Gasteiger partial charge in [-0.2, -0.15) is 10.2 Å². The molecule has 0 unspecified atom stereocenters. The number of aromatic nitrogens is 2. The van der Waals surface area contributed by atoms with E-state index in [1.807, 2.05) is 0 Å². The highest BCUT2D eigenvalue weighted by molar-refractivity contribution is 5.95. The van der Waals surface area contributed by atoms with E-state index in [1.165, 1.54) is 0 Å². The molecule has 2 rings (SSSR count). The lowest BCUT2D eigenvalue weighted by Gasteiger charge is -2.06. The second kappa shape index (κ2) is 5.10. The summed E-state index contributed by atoms with van der Waals surface area (Å²) in [7, 11) is 0. The molecule has 0 aliphatic rings. The van der Waals surface area contributed by atoms with Crippen molar-refractivity contribution in [2.24, 2.45) is 0 Å². The van der Waals surface area contributed by atoms with Gasteiger partial charge < -0.3 is 9.84 Å². The molecule has 0 saturated heterocycles. The maximum Gasteiger partial charge on any atom is 0.260 e. The zero-order valence-electron chi connectivity index (χ0n) is 9.67. The summed E-state index contributed by atoms with van der Waals surface area (Å²) in [5, 5.41) is 14.8. The summed E-state index contributed by atoms with van der Waals surface area (Å²) in [4.78, 5) is 15.5. The Labute approximate surface area is 103 Å². The topological polar surface area (TPSA) is 91.8 Å². The smallest absolute Gasteiger partial charge is 0.260 e. The molecule has 1 amide bonds. The molecule has 0 aliphatic carbocycles. The normalized spacial score (nSPS) is 9.78. The van der Waals surface area contributed by atoms with Crippen LogP contribution in [-0.2, 0) is 4.79 Å². The first kappa shape index (κ1) is 11.8. The Morgan fingerprint density at radius 2 is 2.28 bits per heavy atom. The number of nitrogens with one attached hydrogen (secondary N) is 1. The molecule has 6 nitrogen and oxygen atoms in total. The Bertz CT molecular complexity index is 613. The van der Waals surface area contributed by atoms with Crippen LogP contribution in [0.2, 0.25) is 0 Å². The number of para-hydroxylation sites is 1. The lowest BCUT2D eigenvalue weighted by Crippen LogP contribution is -2.10. The summed E-state index contributed by atoms with van der Waals surface area (Å²) >= 11 is 0. The fourth-order valence-electron chi connectivity index (χ4n) is 1.45. The number of amides is 1. The van der Waals surface area contributed by atoms with Crippen molar-refractivity contribution < 1.29 is 9.32 Å². The Kier molecular flexibility index (Phi) is 3.34. The maximum atomic E-state index is 11.4. The van der Waals surface area contributed by atoms with Crippen LogP contribution in [0.4, 0.5) is 5.69 Å².